The molecule has 17 heavy (non-hydrogen) atoms. The summed E-state index contributed by atoms with van der Waals surface area (Å²) in [6.45, 7) is 14.7. The van der Waals surface area contributed by atoms with Crippen molar-refractivity contribution in [2.75, 3.05) is 0 Å². The van der Waals surface area contributed by atoms with Gasteiger partial charge in [0.15, 0.2) is 0 Å². The minimum absolute atomic E-state index is 0. The van der Waals surface area contributed by atoms with E-state index in [1.54, 1.807) is 0 Å². The summed E-state index contributed by atoms with van der Waals surface area (Å²) in [5, 5.41) is 0. The Morgan fingerprint density at radius 1 is 0.941 bits per heavy atom. The quantitative estimate of drug-likeness (QED) is 0.802. The third kappa shape index (κ3) is 2.91. The van der Waals surface area contributed by atoms with Gasteiger partial charge in [-0.2, -0.15) is 0 Å². The van der Waals surface area contributed by atoms with E-state index < -0.39 is 0 Å². The maximum atomic E-state index is 6.22. The van der Waals surface area contributed by atoms with Crippen LogP contribution in [0, 0.1) is 34.6 Å². The highest BCUT2D eigenvalue weighted by atomic mass is 35.5. The van der Waals surface area contributed by atoms with Gasteiger partial charge in [-0.05, 0) is 74.4 Å². The Hall–Kier alpha value is -0.790. The second-order valence-electron chi connectivity index (χ2n) is 4.67. The van der Waals surface area contributed by atoms with Gasteiger partial charge >= 0.3 is 0 Å². The summed E-state index contributed by atoms with van der Waals surface area (Å²) >= 11 is 0. The van der Waals surface area contributed by atoms with Crippen LogP contribution in [0.4, 0.5) is 0 Å². The van der Waals surface area contributed by atoms with Gasteiger partial charge in [0.25, 0.3) is 0 Å². The van der Waals surface area contributed by atoms with E-state index in [2.05, 4.69) is 41.2 Å². The van der Waals surface area contributed by atoms with Crippen LogP contribution in [0.2, 0.25) is 0 Å². The smallest absolute Gasteiger partial charge is 0.0335 e. The van der Waals surface area contributed by atoms with E-state index in [4.69, 9.17) is 5.73 Å². The Labute approximate surface area is 112 Å². The van der Waals surface area contributed by atoms with Gasteiger partial charge in [-0.3, -0.25) is 0 Å². The zero-order valence-corrected chi connectivity index (χ0v) is 12.4. The minimum Gasteiger partial charge on any atom is -0.324 e. The fraction of sp³-hybridized carbons (Fsp3) is 0.467. The van der Waals surface area contributed by atoms with E-state index in [1.165, 1.54) is 33.4 Å². The van der Waals surface area contributed by atoms with Gasteiger partial charge in [0.05, 0.1) is 0 Å². The first-order valence-corrected chi connectivity index (χ1v) is 5.85. The molecule has 1 atom stereocenters. The average Bonchev–Trinajstić information content (AvgIpc) is 2.24. The molecule has 2 heteroatoms. The molecule has 0 bridgehead atoms. The SMILES string of the molecule is C=CC[C@H](N)c1c(C)c(C)c(C)c(C)c1C.Cl. The summed E-state index contributed by atoms with van der Waals surface area (Å²) in [5.41, 5.74) is 14.4. The fourth-order valence-electron chi connectivity index (χ4n) is 2.38. The van der Waals surface area contributed by atoms with E-state index in [0.717, 1.165) is 6.42 Å². The second kappa shape index (κ2) is 6.23. The van der Waals surface area contributed by atoms with Gasteiger partial charge < -0.3 is 5.73 Å². The van der Waals surface area contributed by atoms with Crippen molar-refractivity contribution in [3.8, 4) is 0 Å². The molecule has 0 unspecified atom stereocenters. The van der Waals surface area contributed by atoms with Crippen LogP contribution in [0.25, 0.3) is 0 Å². The van der Waals surface area contributed by atoms with Gasteiger partial charge in [-0.1, -0.05) is 6.08 Å². The molecule has 0 aliphatic rings. The molecule has 1 rings (SSSR count). The van der Waals surface area contributed by atoms with Crippen LogP contribution >= 0.6 is 12.4 Å². The van der Waals surface area contributed by atoms with Crippen LogP contribution in [-0.4, -0.2) is 0 Å². The normalized spacial score (nSPS) is 11.9. The van der Waals surface area contributed by atoms with Gasteiger partial charge in [-0.15, -0.1) is 19.0 Å². The maximum Gasteiger partial charge on any atom is 0.0335 e. The summed E-state index contributed by atoms with van der Waals surface area (Å²) in [7, 11) is 0. The van der Waals surface area contributed by atoms with Crippen LogP contribution in [0.5, 0.6) is 0 Å². The molecule has 0 aliphatic carbocycles. The third-order valence-electron chi connectivity index (χ3n) is 3.85. The molecular formula is C15H24ClN. The van der Waals surface area contributed by atoms with E-state index >= 15 is 0 Å². The minimum atomic E-state index is 0. The van der Waals surface area contributed by atoms with E-state index in [-0.39, 0.29) is 18.4 Å². The molecule has 0 saturated heterocycles. The predicted molar refractivity (Wildman–Crippen MR) is 79.1 cm³/mol. The zero-order valence-electron chi connectivity index (χ0n) is 11.6. The van der Waals surface area contributed by atoms with E-state index in [9.17, 15) is 0 Å². The number of benzene rings is 1. The van der Waals surface area contributed by atoms with Crippen molar-refractivity contribution in [1.82, 2.24) is 0 Å². The fourth-order valence-corrected chi connectivity index (χ4v) is 2.38. The van der Waals surface area contributed by atoms with E-state index in [0.29, 0.717) is 0 Å². The van der Waals surface area contributed by atoms with Crippen LogP contribution in [0.15, 0.2) is 12.7 Å². The van der Waals surface area contributed by atoms with Crippen molar-refractivity contribution in [3.63, 3.8) is 0 Å². The molecule has 0 amide bonds. The Balaban J connectivity index is 0.00000256. The standard InChI is InChI=1S/C15H23N.ClH/c1-7-8-14(16)15-12(5)10(3)9(2)11(4)13(15)6;/h7,14H,1,8,16H2,2-6H3;1H/t14-;/m0./s1. The van der Waals surface area contributed by atoms with Gasteiger partial charge in [0.1, 0.15) is 0 Å². The lowest BCUT2D eigenvalue weighted by atomic mass is 9.86. The maximum absolute atomic E-state index is 6.22. The number of hydrogen-bond donors (Lipinski definition) is 1. The lowest BCUT2D eigenvalue weighted by Crippen LogP contribution is -2.15. The molecule has 2 N–H and O–H groups in total. The first-order chi connectivity index (χ1) is 7.41. The first-order valence-electron chi connectivity index (χ1n) is 5.85. The highest BCUT2D eigenvalue weighted by Crippen LogP contribution is 2.30. The van der Waals surface area contributed by atoms with Crippen LogP contribution < -0.4 is 5.73 Å². The summed E-state index contributed by atoms with van der Waals surface area (Å²) in [6, 6.07) is 0.0792. The van der Waals surface area contributed by atoms with Crippen molar-refractivity contribution in [1.29, 1.82) is 0 Å². The highest BCUT2D eigenvalue weighted by Gasteiger charge is 2.16. The second-order valence-corrected chi connectivity index (χ2v) is 4.67. The van der Waals surface area contributed by atoms with Gasteiger partial charge in [0.2, 0.25) is 0 Å². The molecule has 1 nitrogen and oxygen atoms in total. The lowest BCUT2D eigenvalue weighted by Gasteiger charge is -2.22. The van der Waals surface area contributed by atoms with Crippen molar-refractivity contribution in [2.24, 2.45) is 5.73 Å². The summed E-state index contributed by atoms with van der Waals surface area (Å²) in [6.07, 6.45) is 2.73. The van der Waals surface area contributed by atoms with Crippen LogP contribution in [0.1, 0.15) is 45.8 Å². The molecule has 0 spiro atoms. The van der Waals surface area contributed by atoms with Crippen molar-refractivity contribution < 1.29 is 0 Å². The molecular weight excluding hydrogens is 230 g/mol. The summed E-state index contributed by atoms with van der Waals surface area (Å²) in [5.74, 6) is 0. The van der Waals surface area contributed by atoms with Crippen molar-refractivity contribution in [2.45, 2.75) is 47.1 Å². The number of rotatable bonds is 3. The predicted octanol–water partition coefficient (Wildman–Crippen LogP) is 4.23. The molecule has 0 aliphatic heterocycles. The van der Waals surface area contributed by atoms with E-state index in [1.807, 2.05) is 6.08 Å². The topological polar surface area (TPSA) is 26.0 Å². The monoisotopic (exact) mass is 253 g/mol. The van der Waals surface area contributed by atoms with Crippen molar-refractivity contribution in [3.05, 3.63) is 46.0 Å². The first kappa shape index (κ1) is 16.2. The number of hydrogen-bond acceptors (Lipinski definition) is 1. The van der Waals surface area contributed by atoms with Crippen molar-refractivity contribution >= 4 is 12.4 Å². The third-order valence-corrected chi connectivity index (χ3v) is 3.85. The molecule has 0 heterocycles. The molecule has 1 aromatic carbocycles. The number of halogens is 1. The largest absolute Gasteiger partial charge is 0.324 e. The van der Waals surface area contributed by atoms with Crippen LogP contribution in [-0.2, 0) is 0 Å². The van der Waals surface area contributed by atoms with Crippen LogP contribution in [0.3, 0.4) is 0 Å². The average molecular weight is 254 g/mol. The number of nitrogens with two attached hydrogens (primary N) is 1. The Kier molecular flexibility index (Phi) is 5.94. The highest BCUT2D eigenvalue weighted by molar-refractivity contribution is 5.85. The molecule has 0 saturated carbocycles. The zero-order chi connectivity index (χ0) is 12.5. The Morgan fingerprint density at radius 2 is 1.29 bits per heavy atom. The molecule has 0 radical (unpaired) electrons. The Morgan fingerprint density at radius 3 is 1.65 bits per heavy atom. The van der Waals surface area contributed by atoms with Gasteiger partial charge in [0, 0.05) is 6.04 Å². The molecule has 0 aromatic heterocycles. The Bertz CT molecular complexity index is 392. The molecule has 96 valence electrons. The molecule has 1 aromatic rings. The molecule has 0 fully saturated rings. The lowest BCUT2D eigenvalue weighted by molar-refractivity contribution is 0.726. The van der Waals surface area contributed by atoms with Gasteiger partial charge in [-0.25, -0.2) is 0 Å². The summed E-state index contributed by atoms with van der Waals surface area (Å²) < 4.78 is 0. The summed E-state index contributed by atoms with van der Waals surface area (Å²) in [4.78, 5) is 0.